The van der Waals surface area contributed by atoms with Gasteiger partial charge in [-0.15, -0.1) is 0 Å². The molecule has 6 heteroatoms. The second-order valence-electron chi connectivity index (χ2n) is 4.81. The van der Waals surface area contributed by atoms with Gasteiger partial charge in [-0.3, -0.25) is 4.68 Å². The normalized spacial score (nSPS) is 14.2. The Balaban J connectivity index is 2.04. The molecule has 2 atom stereocenters. The molecule has 1 aromatic carbocycles. The van der Waals surface area contributed by atoms with Crippen molar-refractivity contribution in [3.05, 3.63) is 52.0 Å². The Labute approximate surface area is 127 Å². The standard InChI is InChI=1S/C14H16Cl2FN3/c1-9(8-20-5-3-4-18-20)19-10(2)11-6-14(17)13(16)7-12(11)15/h3-7,9-10,19H,8H2,1-2H3. The smallest absolute Gasteiger partial charge is 0.142 e. The van der Waals surface area contributed by atoms with Crippen molar-refractivity contribution in [1.29, 1.82) is 0 Å². The highest BCUT2D eigenvalue weighted by Crippen LogP contribution is 2.28. The van der Waals surface area contributed by atoms with Crippen molar-refractivity contribution >= 4 is 23.2 Å². The summed E-state index contributed by atoms with van der Waals surface area (Å²) in [5.41, 5.74) is 0.695. The largest absolute Gasteiger partial charge is 0.306 e. The van der Waals surface area contributed by atoms with Crippen LogP contribution in [0, 0.1) is 5.82 Å². The Morgan fingerprint density at radius 3 is 2.70 bits per heavy atom. The van der Waals surface area contributed by atoms with Gasteiger partial charge in [0.15, 0.2) is 0 Å². The quantitative estimate of drug-likeness (QED) is 0.843. The minimum atomic E-state index is -0.459. The van der Waals surface area contributed by atoms with E-state index in [0.717, 1.165) is 6.54 Å². The Morgan fingerprint density at radius 2 is 2.05 bits per heavy atom. The van der Waals surface area contributed by atoms with Crippen LogP contribution in [0.1, 0.15) is 25.5 Å². The molecule has 0 bridgehead atoms. The summed E-state index contributed by atoms with van der Waals surface area (Å²) in [5, 5.41) is 8.02. The summed E-state index contributed by atoms with van der Waals surface area (Å²) in [7, 11) is 0. The summed E-state index contributed by atoms with van der Waals surface area (Å²) in [6.07, 6.45) is 3.64. The summed E-state index contributed by atoms with van der Waals surface area (Å²) >= 11 is 11.8. The molecule has 1 heterocycles. The lowest BCUT2D eigenvalue weighted by molar-refractivity contribution is 0.412. The van der Waals surface area contributed by atoms with Gasteiger partial charge in [0.1, 0.15) is 5.82 Å². The third-order valence-corrected chi connectivity index (χ3v) is 3.68. The Morgan fingerprint density at radius 1 is 1.30 bits per heavy atom. The van der Waals surface area contributed by atoms with Gasteiger partial charge in [-0.05, 0) is 37.6 Å². The number of hydrogen-bond acceptors (Lipinski definition) is 2. The van der Waals surface area contributed by atoms with E-state index in [-0.39, 0.29) is 17.1 Å². The van der Waals surface area contributed by atoms with Crippen LogP contribution in [-0.2, 0) is 6.54 Å². The first-order valence-corrected chi connectivity index (χ1v) is 7.11. The van der Waals surface area contributed by atoms with Crippen LogP contribution in [0.2, 0.25) is 10.0 Å². The molecule has 0 aliphatic carbocycles. The monoisotopic (exact) mass is 315 g/mol. The van der Waals surface area contributed by atoms with Crippen molar-refractivity contribution in [2.75, 3.05) is 0 Å². The zero-order chi connectivity index (χ0) is 14.7. The fourth-order valence-electron chi connectivity index (χ4n) is 2.13. The van der Waals surface area contributed by atoms with Crippen LogP contribution in [0.4, 0.5) is 4.39 Å². The Kier molecular flexibility index (Phi) is 5.02. The summed E-state index contributed by atoms with van der Waals surface area (Å²) in [4.78, 5) is 0. The van der Waals surface area contributed by atoms with Crippen molar-refractivity contribution in [1.82, 2.24) is 15.1 Å². The predicted octanol–water partition coefficient (Wildman–Crippen LogP) is 4.07. The van der Waals surface area contributed by atoms with Gasteiger partial charge >= 0.3 is 0 Å². The predicted molar refractivity (Wildman–Crippen MR) is 79.7 cm³/mol. The number of hydrogen-bond donors (Lipinski definition) is 1. The van der Waals surface area contributed by atoms with E-state index < -0.39 is 5.82 Å². The molecular formula is C14H16Cl2FN3. The first-order chi connectivity index (χ1) is 9.47. The maximum atomic E-state index is 13.5. The van der Waals surface area contributed by atoms with E-state index in [4.69, 9.17) is 23.2 Å². The number of halogens is 3. The molecule has 0 saturated carbocycles. The number of rotatable bonds is 5. The van der Waals surface area contributed by atoms with E-state index >= 15 is 0 Å². The minimum absolute atomic E-state index is 0.0375. The highest BCUT2D eigenvalue weighted by atomic mass is 35.5. The fraction of sp³-hybridized carbons (Fsp3) is 0.357. The van der Waals surface area contributed by atoms with Gasteiger partial charge in [-0.2, -0.15) is 5.10 Å². The minimum Gasteiger partial charge on any atom is -0.306 e. The molecule has 0 radical (unpaired) electrons. The zero-order valence-electron chi connectivity index (χ0n) is 11.3. The van der Waals surface area contributed by atoms with Crippen molar-refractivity contribution < 1.29 is 4.39 Å². The molecule has 2 rings (SSSR count). The van der Waals surface area contributed by atoms with Crippen LogP contribution < -0.4 is 5.32 Å². The van der Waals surface area contributed by atoms with Crippen molar-refractivity contribution in [2.24, 2.45) is 0 Å². The van der Waals surface area contributed by atoms with E-state index in [1.165, 1.54) is 12.1 Å². The lowest BCUT2D eigenvalue weighted by Crippen LogP contribution is -2.33. The van der Waals surface area contributed by atoms with Gasteiger partial charge in [0.25, 0.3) is 0 Å². The Hall–Kier alpha value is -1.10. The van der Waals surface area contributed by atoms with Crippen LogP contribution in [0.5, 0.6) is 0 Å². The third-order valence-electron chi connectivity index (χ3n) is 3.06. The van der Waals surface area contributed by atoms with Gasteiger partial charge in [0.2, 0.25) is 0 Å². The molecule has 0 aliphatic heterocycles. The van der Waals surface area contributed by atoms with Gasteiger partial charge in [0, 0.05) is 29.5 Å². The van der Waals surface area contributed by atoms with Crippen LogP contribution in [0.3, 0.4) is 0 Å². The molecule has 0 spiro atoms. The van der Waals surface area contributed by atoms with Gasteiger partial charge < -0.3 is 5.32 Å². The van der Waals surface area contributed by atoms with Crippen molar-refractivity contribution in [3.8, 4) is 0 Å². The van der Waals surface area contributed by atoms with E-state index in [1.807, 2.05) is 30.8 Å². The number of benzene rings is 1. The van der Waals surface area contributed by atoms with E-state index in [0.29, 0.717) is 10.6 Å². The average molecular weight is 316 g/mol. The SMILES string of the molecule is CC(Cn1cccn1)NC(C)c1cc(F)c(Cl)cc1Cl. The summed E-state index contributed by atoms with van der Waals surface area (Å²) in [6, 6.07) is 4.77. The number of aromatic nitrogens is 2. The molecule has 1 N–H and O–H groups in total. The van der Waals surface area contributed by atoms with Crippen LogP contribution >= 0.6 is 23.2 Å². The molecule has 2 unspecified atom stereocenters. The molecule has 2 aromatic rings. The van der Waals surface area contributed by atoms with Crippen LogP contribution in [-0.4, -0.2) is 15.8 Å². The number of nitrogens with one attached hydrogen (secondary N) is 1. The number of nitrogens with zero attached hydrogens (tertiary/aromatic N) is 2. The third kappa shape index (κ3) is 3.72. The van der Waals surface area contributed by atoms with E-state index in [9.17, 15) is 4.39 Å². The highest BCUT2D eigenvalue weighted by molar-refractivity contribution is 6.35. The molecular weight excluding hydrogens is 300 g/mol. The lowest BCUT2D eigenvalue weighted by Gasteiger charge is -2.21. The first-order valence-electron chi connectivity index (χ1n) is 6.35. The maximum Gasteiger partial charge on any atom is 0.142 e. The van der Waals surface area contributed by atoms with Gasteiger partial charge in [-0.1, -0.05) is 23.2 Å². The van der Waals surface area contributed by atoms with E-state index in [1.54, 1.807) is 6.20 Å². The molecule has 108 valence electrons. The zero-order valence-corrected chi connectivity index (χ0v) is 12.8. The van der Waals surface area contributed by atoms with E-state index in [2.05, 4.69) is 10.4 Å². The van der Waals surface area contributed by atoms with Crippen LogP contribution in [0.25, 0.3) is 0 Å². The van der Waals surface area contributed by atoms with Crippen molar-refractivity contribution in [3.63, 3.8) is 0 Å². The van der Waals surface area contributed by atoms with Crippen LogP contribution in [0.15, 0.2) is 30.6 Å². The van der Waals surface area contributed by atoms with Crippen molar-refractivity contribution in [2.45, 2.75) is 32.5 Å². The molecule has 3 nitrogen and oxygen atoms in total. The Bertz CT molecular complexity index is 572. The molecule has 0 saturated heterocycles. The lowest BCUT2D eigenvalue weighted by atomic mass is 10.1. The molecule has 0 amide bonds. The molecule has 0 aliphatic rings. The van der Waals surface area contributed by atoms with Gasteiger partial charge in [-0.25, -0.2) is 4.39 Å². The summed E-state index contributed by atoms with van der Waals surface area (Å²) in [5.74, 6) is -0.459. The molecule has 1 aromatic heterocycles. The molecule has 20 heavy (non-hydrogen) atoms. The second-order valence-corrected chi connectivity index (χ2v) is 5.62. The second kappa shape index (κ2) is 6.57. The molecule has 0 fully saturated rings. The summed E-state index contributed by atoms with van der Waals surface area (Å²) < 4.78 is 15.4. The summed E-state index contributed by atoms with van der Waals surface area (Å²) in [6.45, 7) is 4.71. The van der Waals surface area contributed by atoms with Gasteiger partial charge in [0.05, 0.1) is 11.6 Å². The topological polar surface area (TPSA) is 29.9 Å². The first kappa shape index (κ1) is 15.3. The highest BCUT2D eigenvalue weighted by Gasteiger charge is 2.15. The fourth-order valence-corrected chi connectivity index (χ4v) is 2.67. The average Bonchev–Trinajstić information content (AvgIpc) is 2.86. The maximum absolute atomic E-state index is 13.5.